The number of pyridine rings is 1. The molecule has 2 aromatic heterocycles. The lowest BCUT2D eigenvalue weighted by Crippen LogP contribution is -2.47. The van der Waals surface area contributed by atoms with Crippen LogP contribution in [-0.4, -0.2) is 23.5 Å². The van der Waals surface area contributed by atoms with Gasteiger partial charge in [-0.2, -0.15) is 9.71 Å². The van der Waals surface area contributed by atoms with Gasteiger partial charge in [-0.25, -0.2) is 8.42 Å². The van der Waals surface area contributed by atoms with Crippen molar-refractivity contribution in [1.29, 1.82) is 0 Å². The summed E-state index contributed by atoms with van der Waals surface area (Å²) in [7, 11) is -3.82. The van der Waals surface area contributed by atoms with Crippen molar-refractivity contribution in [3.05, 3.63) is 59.2 Å². The molecule has 7 nitrogen and oxygen atoms in total. The summed E-state index contributed by atoms with van der Waals surface area (Å²) in [6.07, 6.45) is 7.26. The van der Waals surface area contributed by atoms with Gasteiger partial charge in [0.15, 0.2) is 0 Å². The molecular weight excluding hydrogens is 412 g/mol. The molecule has 0 aliphatic heterocycles. The molecule has 0 unspecified atom stereocenters. The number of nitrogens with zero attached hydrogens (tertiary/aromatic N) is 3. The van der Waals surface area contributed by atoms with Crippen LogP contribution < -0.4 is 4.72 Å². The standard InChI is InChI=1S/C20H21ClN4O3S/c1-14-12-16(21)7-8-17(14)29(26,27)25-20(9-3-2-4-10-20)19-23-18(24-28-19)15-6-5-11-22-13-15/h5-8,11-13,25H,2-4,9-10H2,1H3. The highest BCUT2D eigenvalue weighted by Gasteiger charge is 2.43. The predicted octanol–water partition coefficient (Wildman–Crippen LogP) is 4.23. The summed E-state index contributed by atoms with van der Waals surface area (Å²) < 4.78 is 34.9. The Morgan fingerprint density at radius 3 is 2.66 bits per heavy atom. The minimum absolute atomic E-state index is 0.193. The third-order valence-corrected chi connectivity index (χ3v) is 7.15. The number of nitrogens with one attached hydrogen (secondary N) is 1. The van der Waals surface area contributed by atoms with Crippen LogP contribution in [0.2, 0.25) is 5.02 Å². The first-order chi connectivity index (χ1) is 13.9. The van der Waals surface area contributed by atoms with Crippen molar-refractivity contribution in [1.82, 2.24) is 19.8 Å². The van der Waals surface area contributed by atoms with Gasteiger partial charge >= 0.3 is 0 Å². The average molecular weight is 433 g/mol. The predicted molar refractivity (Wildman–Crippen MR) is 109 cm³/mol. The van der Waals surface area contributed by atoms with E-state index < -0.39 is 15.6 Å². The number of aromatic nitrogens is 3. The fourth-order valence-corrected chi connectivity index (χ4v) is 5.64. The number of halogens is 1. The summed E-state index contributed by atoms with van der Waals surface area (Å²) in [4.78, 5) is 8.79. The van der Waals surface area contributed by atoms with Crippen molar-refractivity contribution in [2.24, 2.45) is 0 Å². The minimum atomic E-state index is -3.82. The number of hydrogen-bond acceptors (Lipinski definition) is 6. The summed E-state index contributed by atoms with van der Waals surface area (Å²) in [5, 5.41) is 4.55. The molecule has 1 fully saturated rings. The van der Waals surface area contributed by atoms with E-state index in [2.05, 4.69) is 19.8 Å². The molecule has 0 bridgehead atoms. The van der Waals surface area contributed by atoms with Gasteiger partial charge in [-0.1, -0.05) is 36.0 Å². The fraction of sp³-hybridized carbons (Fsp3) is 0.350. The molecule has 0 amide bonds. The number of rotatable bonds is 5. The molecule has 3 aromatic rings. The normalized spacial score (nSPS) is 16.6. The Morgan fingerprint density at radius 1 is 1.17 bits per heavy atom. The van der Waals surface area contributed by atoms with Crippen molar-refractivity contribution in [3.8, 4) is 11.4 Å². The first-order valence-electron chi connectivity index (χ1n) is 9.44. The van der Waals surface area contributed by atoms with E-state index in [1.165, 1.54) is 6.07 Å². The largest absolute Gasteiger partial charge is 0.337 e. The van der Waals surface area contributed by atoms with E-state index in [0.717, 1.165) is 19.3 Å². The molecule has 0 radical (unpaired) electrons. The van der Waals surface area contributed by atoms with Gasteiger partial charge in [-0.3, -0.25) is 4.98 Å². The maximum atomic E-state index is 13.2. The quantitative estimate of drug-likeness (QED) is 0.647. The molecule has 4 rings (SSSR count). The van der Waals surface area contributed by atoms with E-state index in [0.29, 0.717) is 34.8 Å². The molecule has 0 saturated heterocycles. The maximum Gasteiger partial charge on any atom is 0.248 e. The highest BCUT2D eigenvalue weighted by Crippen LogP contribution is 2.38. The van der Waals surface area contributed by atoms with Gasteiger partial charge in [-0.05, 0) is 55.7 Å². The Balaban J connectivity index is 1.72. The molecule has 152 valence electrons. The lowest BCUT2D eigenvalue weighted by atomic mass is 9.82. The summed E-state index contributed by atoms with van der Waals surface area (Å²) in [6.45, 7) is 1.72. The van der Waals surface area contributed by atoms with Crippen molar-refractivity contribution in [2.45, 2.75) is 49.5 Å². The molecule has 29 heavy (non-hydrogen) atoms. The maximum absolute atomic E-state index is 13.2. The molecule has 0 atom stereocenters. The van der Waals surface area contributed by atoms with Crippen LogP contribution >= 0.6 is 11.6 Å². The Morgan fingerprint density at radius 2 is 1.97 bits per heavy atom. The topological polar surface area (TPSA) is 98.0 Å². The van der Waals surface area contributed by atoms with Gasteiger partial charge < -0.3 is 4.52 Å². The molecule has 9 heteroatoms. The monoisotopic (exact) mass is 432 g/mol. The number of hydrogen-bond donors (Lipinski definition) is 1. The van der Waals surface area contributed by atoms with Crippen LogP contribution in [-0.2, 0) is 15.6 Å². The zero-order valence-electron chi connectivity index (χ0n) is 15.9. The van der Waals surface area contributed by atoms with Crippen molar-refractivity contribution in [3.63, 3.8) is 0 Å². The van der Waals surface area contributed by atoms with Gasteiger partial charge in [0.1, 0.15) is 5.54 Å². The third-order valence-electron chi connectivity index (χ3n) is 5.22. The van der Waals surface area contributed by atoms with Gasteiger partial charge in [-0.15, -0.1) is 0 Å². The molecule has 1 saturated carbocycles. The Hall–Kier alpha value is -2.29. The second-order valence-electron chi connectivity index (χ2n) is 7.32. The lowest BCUT2D eigenvalue weighted by molar-refractivity contribution is 0.199. The van der Waals surface area contributed by atoms with Crippen molar-refractivity contribution < 1.29 is 12.9 Å². The highest BCUT2D eigenvalue weighted by molar-refractivity contribution is 7.89. The molecule has 1 aliphatic rings. The minimum Gasteiger partial charge on any atom is -0.337 e. The second kappa shape index (κ2) is 7.85. The number of sulfonamides is 1. The van der Waals surface area contributed by atoms with Gasteiger partial charge in [0.05, 0.1) is 4.90 Å². The van der Waals surface area contributed by atoms with Crippen molar-refractivity contribution >= 4 is 21.6 Å². The fourth-order valence-electron chi connectivity index (χ4n) is 3.77. The van der Waals surface area contributed by atoms with Gasteiger partial charge in [0.25, 0.3) is 0 Å². The molecule has 0 spiro atoms. The first-order valence-corrected chi connectivity index (χ1v) is 11.3. The van der Waals surface area contributed by atoms with Crippen LogP contribution in [0.3, 0.4) is 0 Å². The zero-order chi connectivity index (χ0) is 20.5. The summed E-state index contributed by atoms with van der Waals surface area (Å²) in [6, 6.07) is 8.34. The average Bonchev–Trinajstić information content (AvgIpc) is 3.20. The van der Waals surface area contributed by atoms with Gasteiger partial charge in [0, 0.05) is 23.0 Å². The Bertz CT molecular complexity index is 1110. The lowest BCUT2D eigenvalue weighted by Gasteiger charge is -2.34. The molecular formula is C20H21ClN4O3S. The van der Waals surface area contributed by atoms with Crippen LogP contribution in [0.15, 0.2) is 52.1 Å². The number of benzene rings is 1. The van der Waals surface area contributed by atoms with Crippen LogP contribution in [0.25, 0.3) is 11.4 Å². The molecule has 1 N–H and O–H groups in total. The van der Waals surface area contributed by atoms with E-state index in [9.17, 15) is 8.42 Å². The Labute approximate surface area is 174 Å². The van der Waals surface area contributed by atoms with E-state index in [1.54, 1.807) is 37.5 Å². The number of aryl methyl sites for hydroxylation is 1. The molecule has 2 heterocycles. The van der Waals surface area contributed by atoms with Crippen LogP contribution in [0.1, 0.15) is 43.6 Å². The van der Waals surface area contributed by atoms with Crippen molar-refractivity contribution in [2.75, 3.05) is 0 Å². The van der Waals surface area contributed by atoms with Crippen LogP contribution in [0.4, 0.5) is 0 Å². The zero-order valence-corrected chi connectivity index (χ0v) is 17.5. The summed E-state index contributed by atoms with van der Waals surface area (Å²) in [5.74, 6) is 0.672. The van der Waals surface area contributed by atoms with Crippen LogP contribution in [0.5, 0.6) is 0 Å². The second-order valence-corrected chi connectivity index (χ2v) is 9.41. The van der Waals surface area contributed by atoms with E-state index in [-0.39, 0.29) is 10.8 Å². The van der Waals surface area contributed by atoms with Gasteiger partial charge in [0.2, 0.25) is 21.7 Å². The summed E-state index contributed by atoms with van der Waals surface area (Å²) in [5.41, 5.74) is 0.360. The van der Waals surface area contributed by atoms with E-state index in [1.807, 2.05) is 6.07 Å². The SMILES string of the molecule is Cc1cc(Cl)ccc1S(=O)(=O)NC1(c2nc(-c3cccnc3)no2)CCCCC1. The van der Waals surface area contributed by atoms with E-state index in [4.69, 9.17) is 16.1 Å². The summed E-state index contributed by atoms with van der Waals surface area (Å²) >= 11 is 5.99. The van der Waals surface area contributed by atoms with E-state index >= 15 is 0 Å². The van der Waals surface area contributed by atoms with Crippen LogP contribution in [0, 0.1) is 6.92 Å². The third kappa shape index (κ3) is 4.05. The Kier molecular flexibility index (Phi) is 5.42. The molecule has 1 aromatic carbocycles. The smallest absolute Gasteiger partial charge is 0.248 e. The highest BCUT2D eigenvalue weighted by atomic mass is 35.5. The molecule has 1 aliphatic carbocycles. The first kappa shape index (κ1) is 20.0.